The van der Waals surface area contributed by atoms with E-state index in [1.54, 1.807) is 14.1 Å². The lowest BCUT2D eigenvalue weighted by atomic mass is 10.1. The molecule has 1 aliphatic carbocycles. The fraction of sp³-hybridized carbons (Fsp3) is 0.400. The number of nitrogens with one attached hydrogen (secondary N) is 2. The Morgan fingerprint density at radius 3 is 2.67 bits per heavy atom. The number of hydrogen-bond acceptors (Lipinski definition) is 6. The monoisotopic (exact) mass is 428 g/mol. The van der Waals surface area contributed by atoms with Gasteiger partial charge in [0.1, 0.15) is 11.6 Å². The fourth-order valence-electron chi connectivity index (χ4n) is 3.66. The summed E-state index contributed by atoms with van der Waals surface area (Å²) in [6, 6.07) is 7.55. The Kier molecular flexibility index (Phi) is 5.67. The van der Waals surface area contributed by atoms with E-state index in [1.165, 1.54) is 49.2 Å². The predicted octanol–water partition coefficient (Wildman–Crippen LogP) is 1.13. The summed E-state index contributed by atoms with van der Waals surface area (Å²) in [5, 5.41) is 7.29. The van der Waals surface area contributed by atoms with E-state index >= 15 is 0 Å². The first-order chi connectivity index (χ1) is 14.4. The molecule has 0 spiro atoms. The number of nitrogens with zero attached hydrogens (tertiary/aromatic N) is 4. The molecule has 9 nitrogen and oxygen atoms in total. The van der Waals surface area contributed by atoms with Crippen molar-refractivity contribution < 1.29 is 0 Å². The molecule has 4 rings (SSSR count). The molecule has 0 saturated heterocycles. The molecule has 0 atom stereocenters. The van der Waals surface area contributed by atoms with Crippen molar-refractivity contribution >= 4 is 23.3 Å². The van der Waals surface area contributed by atoms with Gasteiger partial charge in [0.15, 0.2) is 0 Å². The summed E-state index contributed by atoms with van der Waals surface area (Å²) in [5.74, 6) is 2.11. The van der Waals surface area contributed by atoms with E-state index in [1.807, 2.05) is 6.07 Å². The van der Waals surface area contributed by atoms with Crippen LogP contribution in [0, 0.1) is 0 Å². The quantitative estimate of drug-likeness (QED) is 0.547. The zero-order valence-corrected chi connectivity index (χ0v) is 17.8. The highest BCUT2D eigenvalue weighted by Crippen LogP contribution is 2.25. The molecule has 10 heteroatoms. The number of anilines is 2. The molecule has 2 N–H and O–H groups in total. The second-order valence-corrected chi connectivity index (χ2v) is 8.48. The van der Waals surface area contributed by atoms with Crippen molar-refractivity contribution in [2.75, 3.05) is 11.1 Å². The fourth-order valence-corrected chi connectivity index (χ4v) is 4.55. The van der Waals surface area contributed by atoms with E-state index in [2.05, 4.69) is 27.5 Å². The lowest BCUT2D eigenvalue weighted by molar-refractivity contribution is 0.680. The second kappa shape index (κ2) is 8.39. The van der Waals surface area contributed by atoms with Gasteiger partial charge in [-0.05, 0) is 42.5 Å². The molecule has 2 aromatic heterocycles. The van der Waals surface area contributed by atoms with Crippen molar-refractivity contribution in [2.24, 2.45) is 14.1 Å². The first kappa shape index (κ1) is 20.3. The third kappa shape index (κ3) is 4.13. The van der Waals surface area contributed by atoms with Crippen LogP contribution in [0.25, 0.3) is 0 Å². The maximum absolute atomic E-state index is 12.4. The first-order valence-corrected chi connectivity index (χ1v) is 11.0. The minimum Gasteiger partial charge on any atom is -0.342 e. The number of aromatic amines is 1. The standard InChI is InChI=1S/C20H24N6O3S/c1-24-17(23-25(2)20(24)29)12-30-9-8-26-18(27)11-16(22-19(26)28)21-15-7-6-13-4-3-5-14(13)10-15/h6-7,10-11,21H,3-5,8-9,12H2,1-2H3,(H,22,28). The molecule has 3 aromatic rings. The van der Waals surface area contributed by atoms with Crippen LogP contribution in [-0.4, -0.2) is 29.7 Å². The van der Waals surface area contributed by atoms with Gasteiger partial charge in [0.25, 0.3) is 5.56 Å². The highest BCUT2D eigenvalue weighted by molar-refractivity contribution is 7.98. The van der Waals surface area contributed by atoms with Gasteiger partial charge in [-0.1, -0.05) is 6.07 Å². The minimum absolute atomic E-state index is 0.176. The van der Waals surface area contributed by atoms with E-state index in [4.69, 9.17) is 0 Å². The molecule has 2 heterocycles. The average Bonchev–Trinajstić information content (AvgIpc) is 3.26. The Morgan fingerprint density at radius 1 is 1.13 bits per heavy atom. The smallest absolute Gasteiger partial charge is 0.342 e. The van der Waals surface area contributed by atoms with Crippen LogP contribution in [0.5, 0.6) is 0 Å². The SMILES string of the molecule is Cn1nc(CSCCn2c(=O)cc(Nc3ccc4c(c3)CCC4)[nH]c2=O)n(C)c1=O. The number of rotatable bonds is 7. The first-order valence-electron chi connectivity index (χ1n) is 9.82. The van der Waals surface area contributed by atoms with Crippen molar-refractivity contribution in [1.82, 2.24) is 23.9 Å². The zero-order valence-electron chi connectivity index (χ0n) is 17.0. The maximum Gasteiger partial charge on any atom is 0.345 e. The number of thioether (sulfide) groups is 1. The number of hydrogen-bond donors (Lipinski definition) is 2. The van der Waals surface area contributed by atoms with Crippen LogP contribution in [0.2, 0.25) is 0 Å². The van der Waals surface area contributed by atoms with E-state index < -0.39 is 5.69 Å². The van der Waals surface area contributed by atoms with Crippen molar-refractivity contribution in [3.8, 4) is 0 Å². The number of aryl methyl sites for hydroxylation is 3. The van der Waals surface area contributed by atoms with Gasteiger partial charge in [-0.15, -0.1) is 0 Å². The lowest BCUT2D eigenvalue weighted by Crippen LogP contribution is -2.35. The molecule has 0 bridgehead atoms. The zero-order chi connectivity index (χ0) is 21.3. The number of benzene rings is 1. The normalized spacial score (nSPS) is 12.9. The Morgan fingerprint density at radius 2 is 1.93 bits per heavy atom. The molecule has 0 amide bonds. The summed E-state index contributed by atoms with van der Waals surface area (Å²) in [6.45, 7) is 0.277. The topological polar surface area (TPSA) is 107 Å². The number of H-pyrrole nitrogens is 1. The van der Waals surface area contributed by atoms with Crippen LogP contribution in [0.3, 0.4) is 0 Å². The molecular weight excluding hydrogens is 404 g/mol. The van der Waals surface area contributed by atoms with Gasteiger partial charge in [-0.25, -0.2) is 14.3 Å². The average molecular weight is 429 g/mol. The molecule has 158 valence electrons. The minimum atomic E-state index is -0.447. The summed E-state index contributed by atoms with van der Waals surface area (Å²) >= 11 is 1.51. The van der Waals surface area contributed by atoms with Crippen molar-refractivity contribution in [2.45, 2.75) is 31.6 Å². The molecular formula is C20H24N6O3S. The molecule has 1 aromatic carbocycles. The van der Waals surface area contributed by atoms with E-state index in [-0.39, 0.29) is 17.8 Å². The summed E-state index contributed by atoms with van der Waals surface area (Å²) in [4.78, 5) is 39.3. The van der Waals surface area contributed by atoms with Gasteiger partial charge in [0.2, 0.25) is 0 Å². The van der Waals surface area contributed by atoms with E-state index in [0.717, 1.165) is 18.5 Å². The van der Waals surface area contributed by atoms with E-state index in [9.17, 15) is 14.4 Å². The van der Waals surface area contributed by atoms with Crippen LogP contribution < -0.4 is 22.3 Å². The van der Waals surface area contributed by atoms with Gasteiger partial charge >= 0.3 is 11.4 Å². The van der Waals surface area contributed by atoms with Crippen LogP contribution in [-0.2, 0) is 39.2 Å². The van der Waals surface area contributed by atoms with Crippen LogP contribution in [0.15, 0.2) is 38.6 Å². The molecule has 1 aliphatic rings. The highest BCUT2D eigenvalue weighted by atomic mass is 32.2. The maximum atomic E-state index is 12.4. The highest BCUT2D eigenvalue weighted by Gasteiger charge is 2.12. The Bertz CT molecular complexity index is 1220. The molecule has 0 radical (unpaired) electrons. The van der Waals surface area contributed by atoms with Crippen molar-refractivity contribution in [1.29, 1.82) is 0 Å². The van der Waals surface area contributed by atoms with Gasteiger partial charge < -0.3 is 5.32 Å². The number of fused-ring (bicyclic) bond motifs is 1. The lowest BCUT2D eigenvalue weighted by Gasteiger charge is -2.10. The summed E-state index contributed by atoms with van der Waals surface area (Å²) < 4.78 is 3.96. The molecule has 0 aliphatic heterocycles. The second-order valence-electron chi connectivity index (χ2n) is 7.37. The van der Waals surface area contributed by atoms with Crippen molar-refractivity contribution in [3.05, 3.63) is 72.5 Å². The molecule has 0 saturated carbocycles. The van der Waals surface area contributed by atoms with Gasteiger partial charge in [0.05, 0.1) is 5.75 Å². The largest absolute Gasteiger partial charge is 0.345 e. The van der Waals surface area contributed by atoms with Crippen LogP contribution in [0.1, 0.15) is 23.4 Å². The molecule has 0 fully saturated rings. The van der Waals surface area contributed by atoms with Crippen molar-refractivity contribution in [3.63, 3.8) is 0 Å². The summed E-state index contributed by atoms with van der Waals surface area (Å²) in [5.41, 5.74) is 2.57. The Hall–Kier alpha value is -3.01. The molecule has 0 unspecified atom stereocenters. The van der Waals surface area contributed by atoms with Gasteiger partial charge in [-0.2, -0.15) is 16.9 Å². The third-order valence-electron chi connectivity index (χ3n) is 5.30. The number of aromatic nitrogens is 5. The van der Waals surface area contributed by atoms with Gasteiger partial charge in [0, 0.05) is 38.1 Å². The Balaban J connectivity index is 1.39. The van der Waals surface area contributed by atoms with E-state index in [0.29, 0.717) is 23.1 Å². The van der Waals surface area contributed by atoms with Gasteiger partial charge in [-0.3, -0.25) is 18.9 Å². The Labute approximate surface area is 176 Å². The molecule has 30 heavy (non-hydrogen) atoms. The van der Waals surface area contributed by atoms with Crippen LogP contribution >= 0.6 is 11.8 Å². The summed E-state index contributed by atoms with van der Waals surface area (Å²) in [6.07, 6.45) is 3.34. The third-order valence-corrected chi connectivity index (χ3v) is 6.24. The summed E-state index contributed by atoms with van der Waals surface area (Å²) in [7, 11) is 3.28. The van der Waals surface area contributed by atoms with Crippen LogP contribution in [0.4, 0.5) is 11.5 Å². The predicted molar refractivity (Wildman–Crippen MR) is 118 cm³/mol.